The Balaban J connectivity index is 1.83. The molecule has 0 spiro atoms. The number of imidazole rings is 1. The molecule has 4 N–H and O–H groups in total. The van der Waals surface area contributed by atoms with E-state index in [4.69, 9.17) is 5.73 Å². The molecule has 0 aliphatic heterocycles. The van der Waals surface area contributed by atoms with Crippen LogP contribution in [0.5, 0.6) is 0 Å². The first-order valence-electron chi connectivity index (χ1n) is 7.34. The number of nitrogens with two attached hydrogens (primary N) is 1. The highest BCUT2D eigenvalue weighted by Gasteiger charge is 2.10. The van der Waals surface area contributed by atoms with E-state index >= 15 is 0 Å². The van der Waals surface area contributed by atoms with Crippen LogP contribution in [-0.4, -0.2) is 15.0 Å². The van der Waals surface area contributed by atoms with E-state index in [-0.39, 0.29) is 6.04 Å². The second-order valence-corrected chi connectivity index (χ2v) is 5.13. The molecule has 0 radical (unpaired) electrons. The van der Waals surface area contributed by atoms with Gasteiger partial charge in [-0.1, -0.05) is 37.3 Å². The highest BCUT2D eigenvalue weighted by Crippen LogP contribution is 2.24. The summed E-state index contributed by atoms with van der Waals surface area (Å²) in [5.74, 6) is 1.25. The third-order valence-corrected chi connectivity index (χ3v) is 3.60. The van der Waals surface area contributed by atoms with Crippen molar-refractivity contribution in [3.8, 4) is 11.3 Å². The van der Waals surface area contributed by atoms with Crippen molar-refractivity contribution in [1.82, 2.24) is 15.0 Å². The minimum atomic E-state index is 0.232. The second-order valence-electron chi connectivity index (χ2n) is 5.13. The van der Waals surface area contributed by atoms with E-state index in [1.807, 2.05) is 18.2 Å². The molecule has 2 heterocycles. The molecule has 5 nitrogen and oxygen atoms in total. The van der Waals surface area contributed by atoms with Crippen molar-refractivity contribution in [1.29, 1.82) is 0 Å². The van der Waals surface area contributed by atoms with Crippen molar-refractivity contribution >= 4 is 11.8 Å². The maximum atomic E-state index is 5.63. The quantitative estimate of drug-likeness (QED) is 0.671. The molecule has 1 unspecified atom stereocenters. The van der Waals surface area contributed by atoms with Crippen LogP contribution in [-0.2, 0) is 0 Å². The van der Waals surface area contributed by atoms with Crippen molar-refractivity contribution in [2.45, 2.75) is 19.4 Å². The first kappa shape index (κ1) is 14.1. The fraction of sp³-hybridized carbons (Fsp3) is 0.176. The van der Waals surface area contributed by atoms with Crippen LogP contribution in [0.2, 0.25) is 0 Å². The number of hydrogen-bond donors (Lipinski definition) is 3. The molecule has 0 amide bonds. The molecule has 1 atom stereocenters. The average Bonchev–Trinajstić information content (AvgIpc) is 3.00. The zero-order valence-corrected chi connectivity index (χ0v) is 12.5. The van der Waals surface area contributed by atoms with Crippen LogP contribution in [0.3, 0.4) is 0 Å². The van der Waals surface area contributed by atoms with E-state index in [0.717, 1.165) is 23.5 Å². The van der Waals surface area contributed by atoms with Gasteiger partial charge in [0, 0.05) is 11.8 Å². The molecule has 0 saturated heterocycles. The summed E-state index contributed by atoms with van der Waals surface area (Å²) >= 11 is 0. The zero-order chi connectivity index (χ0) is 15.4. The third-order valence-electron chi connectivity index (χ3n) is 3.60. The fourth-order valence-corrected chi connectivity index (χ4v) is 2.45. The molecular formula is C17H19N5. The summed E-state index contributed by atoms with van der Waals surface area (Å²) < 4.78 is 0. The lowest BCUT2D eigenvalue weighted by atomic mass is 10.0. The Hall–Kier alpha value is -2.82. The molecule has 3 rings (SSSR count). The lowest BCUT2D eigenvalue weighted by Gasteiger charge is -2.18. The smallest absolute Gasteiger partial charge is 0.197 e. The lowest BCUT2D eigenvalue weighted by molar-refractivity contribution is 0.745. The van der Waals surface area contributed by atoms with E-state index in [1.54, 1.807) is 12.4 Å². The summed E-state index contributed by atoms with van der Waals surface area (Å²) in [5, 5.41) is 3.49. The predicted molar refractivity (Wildman–Crippen MR) is 89.3 cm³/mol. The van der Waals surface area contributed by atoms with E-state index in [1.165, 1.54) is 5.56 Å². The minimum Gasteiger partial charge on any atom is -0.369 e. The molecule has 22 heavy (non-hydrogen) atoms. The maximum Gasteiger partial charge on any atom is 0.197 e. The standard InChI is InChI=1S/C17H19N5/c1-2-14(12-6-4-3-5-7-12)21-16-10-13(8-9-19-16)15-11-20-17(18)22-15/h3-11,14H,2H2,1H3,(H,19,21)(H3,18,20,22). The van der Waals surface area contributed by atoms with Gasteiger partial charge in [0.15, 0.2) is 5.95 Å². The summed E-state index contributed by atoms with van der Waals surface area (Å²) in [6, 6.07) is 14.5. The van der Waals surface area contributed by atoms with Gasteiger partial charge in [0.05, 0.1) is 17.9 Å². The number of pyridine rings is 1. The van der Waals surface area contributed by atoms with Crippen molar-refractivity contribution < 1.29 is 0 Å². The largest absolute Gasteiger partial charge is 0.369 e. The maximum absolute atomic E-state index is 5.63. The summed E-state index contributed by atoms with van der Waals surface area (Å²) in [5.41, 5.74) is 8.78. The Morgan fingerprint density at radius 1 is 1.18 bits per heavy atom. The van der Waals surface area contributed by atoms with Crippen LogP contribution < -0.4 is 11.1 Å². The SMILES string of the molecule is CCC(Nc1cc(-c2cnc(N)[nH]2)ccn1)c1ccccc1. The van der Waals surface area contributed by atoms with Gasteiger partial charge in [-0.15, -0.1) is 0 Å². The van der Waals surface area contributed by atoms with Crippen LogP contribution in [0, 0.1) is 0 Å². The number of hydrogen-bond acceptors (Lipinski definition) is 4. The van der Waals surface area contributed by atoms with Crippen LogP contribution in [0.4, 0.5) is 11.8 Å². The highest BCUT2D eigenvalue weighted by molar-refractivity contribution is 5.63. The van der Waals surface area contributed by atoms with Gasteiger partial charge in [0.1, 0.15) is 5.82 Å². The Labute approximate surface area is 129 Å². The number of H-pyrrole nitrogens is 1. The lowest BCUT2D eigenvalue weighted by Crippen LogP contribution is -2.10. The summed E-state index contributed by atoms with van der Waals surface area (Å²) in [4.78, 5) is 11.5. The molecule has 0 saturated carbocycles. The Bertz CT molecular complexity index is 736. The average molecular weight is 293 g/mol. The Kier molecular flexibility index (Phi) is 4.05. The van der Waals surface area contributed by atoms with Crippen LogP contribution in [0.1, 0.15) is 24.9 Å². The number of aromatic nitrogens is 3. The molecule has 0 fully saturated rings. The summed E-state index contributed by atoms with van der Waals surface area (Å²) in [6.45, 7) is 2.16. The minimum absolute atomic E-state index is 0.232. The van der Waals surface area contributed by atoms with Gasteiger partial charge in [-0.25, -0.2) is 9.97 Å². The third kappa shape index (κ3) is 3.09. The van der Waals surface area contributed by atoms with Gasteiger partial charge in [-0.3, -0.25) is 0 Å². The number of aromatic amines is 1. The van der Waals surface area contributed by atoms with Crippen molar-refractivity contribution in [2.75, 3.05) is 11.1 Å². The number of nitrogens with one attached hydrogen (secondary N) is 2. The Morgan fingerprint density at radius 2 is 2.00 bits per heavy atom. The van der Waals surface area contributed by atoms with Gasteiger partial charge in [0.2, 0.25) is 0 Å². The highest BCUT2D eigenvalue weighted by atomic mass is 15.0. The molecule has 5 heteroatoms. The number of rotatable bonds is 5. The van der Waals surface area contributed by atoms with Gasteiger partial charge >= 0.3 is 0 Å². The first-order chi connectivity index (χ1) is 10.8. The monoisotopic (exact) mass is 293 g/mol. The number of nitrogen functional groups attached to an aromatic ring is 1. The number of nitrogens with zero attached hydrogens (tertiary/aromatic N) is 2. The van der Waals surface area contributed by atoms with E-state index in [0.29, 0.717) is 5.95 Å². The van der Waals surface area contributed by atoms with Gasteiger partial charge in [0.25, 0.3) is 0 Å². The van der Waals surface area contributed by atoms with Crippen LogP contribution in [0.15, 0.2) is 54.9 Å². The fourth-order valence-electron chi connectivity index (χ4n) is 2.45. The molecule has 0 aliphatic rings. The zero-order valence-electron chi connectivity index (χ0n) is 12.5. The van der Waals surface area contributed by atoms with Crippen LogP contribution in [0.25, 0.3) is 11.3 Å². The Morgan fingerprint density at radius 3 is 2.68 bits per heavy atom. The van der Waals surface area contributed by atoms with E-state index in [9.17, 15) is 0 Å². The first-order valence-corrected chi connectivity index (χ1v) is 7.34. The molecular weight excluding hydrogens is 274 g/mol. The van der Waals surface area contributed by atoms with Gasteiger partial charge in [-0.05, 0) is 24.1 Å². The van der Waals surface area contributed by atoms with Gasteiger partial charge in [-0.2, -0.15) is 0 Å². The summed E-state index contributed by atoms with van der Waals surface area (Å²) in [7, 11) is 0. The number of anilines is 2. The van der Waals surface area contributed by atoms with E-state index < -0.39 is 0 Å². The molecule has 3 aromatic rings. The number of benzene rings is 1. The topological polar surface area (TPSA) is 79.6 Å². The van der Waals surface area contributed by atoms with Crippen molar-refractivity contribution in [3.63, 3.8) is 0 Å². The van der Waals surface area contributed by atoms with Crippen molar-refractivity contribution in [2.24, 2.45) is 0 Å². The molecule has 0 aliphatic carbocycles. The molecule has 2 aromatic heterocycles. The molecule has 112 valence electrons. The normalized spacial score (nSPS) is 12.0. The van der Waals surface area contributed by atoms with Gasteiger partial charge < -0.3 is 16.0 Å². The molecule has 0 bridgehead atoms. The second kappa shape index (κ2) is 6.30. The van der Waals surface area contributed by atoms with Crippen molar-refractivity contribution in [3.05, 3.63) is 60.4 Å². The summed E-state index contributed by atoms with van der Waals surface area (Å²) in [6.07, 6.45) is 4.49. The predicted octanol–water partition coefficient (Wildman–Crippen LogP) is 3.62. The van der Waals surface area contributed by atoms with E-state index in [2.05, 4.69) is 51.5 Å². The molecule has 1 aromatic carbocycles. The van der Waals surface area contributed by atoms with Crippen LogP contribution >= 0.6 is 0 Å².